The third-order valence-electron chi connectivity index (χ3n) is 6.62. The maximum atomic E-state index is 13.3. The first-order valence-electron chi connectivity index (χ1n) is 12.3. The molecule has 3 aromatic carbocycles. The molecule has 1 aliphatic heterocycles. The van der Waals surface area contributed by atoms with E-state index in [1.165, 1.54) is 29.6 Å². The number of hydrogen-bond acceptors (Lipinski definition) is 6. The molecule has 4 rings (SSSR count). The molecule has 1 aliphatic rings. The summed E-state index contributed by atoms with van der Waals surface area (Å²) >= 11 is 0. The third-order valence-corrected chi connectivity index (χ3v) is 10.1. The van der Waals surface area contributed by atoms with Crippen LogP contribution in [0.1, 0.15) is 16.7 Å². The minimum Gasteiger partial charge on any atom is -0.495 e. The Bertz CT molecular complexity index is 1500. The van der Waals surface area contributed by atoms with Crippen molar-refractivity contribution >= 4 is 25.7 Å². The summed E-state index contributed by atoms with van der Waals surface area (Å²) in [5.41, 5.74) is 2.97. The molecule has 11 heteroatoms. The summed E-state index contributed by atoms with van der Waals surface area (Å²) in [4.78, 5) is 2.33. The van der Waals surface area contributed by atoms with E-state index in [0.717, 1.165) is 11.1 Å². The fourth-order valence-corrected chi connectivity index (χ4v) is 7.23. The van der Waals surface area contributed by atoms with Crippen LogP contribution in [0, 0.1) is 19.7 Å². The predicted octanol–water partition coefficient (Wildman–Crippen LogP) is 3.48. The molecule has 0 saturated carbocycles. The summed E-state index contributed by atoms with van der Waals surface area (Å²) < 4.78 is 75.3. The highest BCUT2D eigenvalue weighted by Crippen LogP contribution is 2.32. The summed E-state index contributed by atoms with van der Waals surface area (Å²) in [7, 11) is -5.96. The smallest absolute Gasteiger partial charge is 0.243 e. The maximum absolute atomic E-state index is 13.3. The summed E-state index contributed by atoms with van der Waals surface area (Å²) in [6, 6.07) is 15.9. The average molecular weight is 562 g/mol. The van der Waals surface area contributed by atoms with Gasteiger partial charge in [-0.05, 0) is 73.4 Å². The Balaban J connectivity index is 1.47. The van der Waals surface area contributed by atoms with Crippen molar-refractivity contribution in [1.82, 2.24) is 9.03 Å². The first-order valence-corrected chi connectivity index (χ1v) is 15.2. The van der Waals surface area contributed by atoms with Crippen LogP contribution in [0.4, 0.5) is 10.1 Å². The van der Waals surface area contributed by atoms with Crippen LogP contribution in [-0.2, 0) is 26.5 Å². The lowest BCUT2D eigenvalue weighted by atomic mass is 10.1. The van der Waals surface area contributed by atoms with Gasteiger partial charge in [0.25, 0.3) is 0 Å². The molecular formula is C27H32FN3O5S2. The molecule has 0 aliphatic carbocycles. The largest absolute Gasteiger partial charge is 0.495 e. The van der Waals surface area contributed by atoms with Gasteiger partial charge in [-0.15, -0.1) is 0 Å². The van der Waals surface area contributed by atoms with Crippen molar-refractivity contribution in [2.24, 2.45) is 0 Å². The monoisotopic (exact) mass is 561 g/mol. The number of methoxy groups -OCH3 is 1. The molecule has 0 spiro atoms. The molecule has 0 atom stereocenters. The molecule has 8 nitrogen and oxygen atoms in total. The number of ether oxygens (including phenoxy) is 1. The molecule has 0 unspecified atom stereocenters. The molecule has 204 valence electrons. The van der Waals surface area contributed by atoms with Crippen molar-refractivity contribution in [1.29, 1.82) is 0 Å². The van der Waals surface area contributed by atoms with Crippen LogP contribution >= 0.6 is 0 Å². The number of piperazine rings is 1. The van der Waals surface area contributed by atoms with Gasteiger partial charge >= 0.3 is 0 Å². The fraction of sp³-hybridized carbons (Fsp3) is 0.333. The van der Waals surface area contributed by atoms with E-state index < -0.39 is 20.0 Å². The molecule has 1 N–H and O–H groups in total. The predicted molar refractivity (Wildman–Crippen MR) is 145 cm³/mol. The molecule has 3 aromatic rings. The van der Waals surface area contributed by atoms with Crippen LogP contribution in [0.15, 0.2) is 70.5 Å². The summed E-state index contributed by atoms with van der Waals surface area (Å²) in [5.74, 6) is 0.157. The van der Waals surface area contributed by atoms with Gasteiger partial charge in [0.1, 0.15) is 11.6 Å². The molecule has 1 heterocycles. The van der Waals surface area contributed by atoms with Gasteiger partial charge in [-0.2, -0.15) is 4.31 Å². The van der Waals surface area contributed by atoms with Crippen LogP contribution in [0.3, 0.4) is 0 Å². The second-order valence-electron chi connectivity index (χ2n) is 9.27. The standard InChI is InChI=1S/C27H32FN3O5S2/c1-20-4-5-21(2)27(18-20)38(34,35)31-16-14-30(15-17-31)25-19-24(10-11-26(25)36-3)37(32,33)29-13-12-22-6-8-23(28)9-7-22/h4-11,18-19,29H,12-17H2,1-3H3. The van der Waals surface area contributed by atoms with Gasteiger partial charge in [0.05, 0.1) is 22.6 Å². The van der Waals surface area contributed by atoms with E-state index >= 15 is 0 Å². The number of rotatable bonds is 9. The zero-order valence-corrected chi connectivity index (χ0v) is 23.3. The highest BCUT2D eigenvalue weighted by atomic mass is 32.2. The Labute approximate surface area is 224 Å². The highest BCUT2D eigenvalue weighted by Gasteiger charge is 2.31. The number of hydrogen-bond donors (Lipinski definition) is 1. The van der Waals surface area contributed by atoms with Gasteiger partial charge in [0.15, 0.2) is 0 Å². The molecule has 0 aromatic heterocycles. The minimum absolute atomic E-state index is 0.0813. The van der Waals surface area contributed by atoms with Gasteiger partial charge < -0.3 is 9.64 Å². The van der Waals surface area contributed by atoms with E-state index in [4.69, 9.17) is 4.74 Å². The van der Waals surface area contributed by atoms with E-state index in [-0.39, 0.29) is 30.3 Å². The van der Waals surface area contributed by atoms with Crippen LogP contribution in [0.5, 0.6) is 5.75 Å². The van der Waals surface area contributed by atoms with Crippen molar-refractivity contribution in [3.63, 3.8) is 0 Å². The zero-order chi connectivity index (χ0) is 27.5. The van der Waals surface area contributed by atoms with E-state index in [1.807, 2.05) is 24.0 Å². The van der Waals surface area contributed by atoms with Crippen molar-refractivity contribution in [2.75, 3.05) is 44.7 Å². The van der Waals surface area contributed by atoms with Crippen molar-refractivity contribution in [3.05, 3.63) is 83.2 Å². The molecule has 0 radical (unpaired) electrons. The second-order valence-corrected chi connectivity index (χ2v) is 12.9. The average Bonchev–Trinajstić information content (AvgIpc) is 2.90. The number of halogens is 1. The lowest BCUT2D eigenvalue weighted by Crippen LogP contribution is -2.49. The van der Waals surface area contributed by atoms with Crippen LogP contribution in [0.25, 0.3) is 0 Å². The normalized spacial score (nSPS) is 15.0. The van der Waals surface area contributed by atoms with Gasteiger partial charge in [-0.25, -0.2) is 25.9 Å². The number of sulfonamides is 2. The molecule has 0 bridgehead atoms. The van der Waals surface area contributed by atoms with Crippen molar-refractivity contribution in [3.8, 4) is 5.75 Å². The molecule has 0 amide bonds. The van der Waals surface area contributed by atoms with E-state index in [9.17, 15) is 21.2 Å². The Morgan fingerprint density at radius 2 is 1.58 bits per heavy atom. The van der Waals surface area contributed by atoms with E-state index in [0.29, 0.717) is 41.4 Å². The summed E-state index contributed by atoms with van der Waals surface area (Å²) in [6.45, 7) is 5.07. The van der Waals surface area contributed by atoms with Gasteiger partial charge in [-0.1, -0.05) is 24.3 Å². The molecular weight excluding hydrogens is 529 g/mol. The lowest BCUT2D eigenvalue weighted by Gasteiger charge is -2.36. The van der Waals surface area contributed by atoms with E-state index in [2.05, 4.69) is 4.72 Å². The quantitative estimate of drug-likeness (QED) is 0.430. The topological polar surface area (TPSA) is 96.0 Å². The highest BCUT2D eigenvalue weighted by molar-refractivity contribution is 7.89. The maximum Gasteiger partial charge on any atom is 0.243 e. The number of anilines is 1. The third kappa shape index (κ3) is 6.17. The minimum atomic E-state index is -3.82. The first kappa shape index (κ1) is 28.0. The first-order chi connectivity index (χ1) is 18.0. The van der Waals surface area contributed by atoms with E-state index in [1.54, 1.807) is 37.3 Å². The Morgan fingerprint density at radius 1 is 0.895 bits per heavy atom. The van der Waals surface area contributed by atoms with Crippen LogP contribution in [-0.4, -0.2) is 61.0 Å². The fourth-order valence-electron chi connectivity index (χ4n) is 4.44. The van der Waals surface area contributed by atoms with Gasteiger partial charge in [0.2, 0.25) is 20.0 Å². The number of aryl methyl sites for hydroxylation is 2. The van der Waals surface area contributed by atoms with Gasteiger partial charge in [0, 0.05) is 32.7 Å². The molecule has 1 fully saturated rings. The van der Waals surface area contributed by atoms with Crippen molar-refractivity contribution < 1.29 is 26.0 Å². The SMILES string of the molecule is COc1ccc(S(=O)(=O)NCCc2ccc(F)cc2)cc1N1CCN(S(=O)(=O)c2cc(C)ccc2C)CC1. The molecule has 1 saturated heterocycles. The number of nitrogens with zero attached hydrogens (tertiary/aromatic N) is 2. The Kier molecular flexibility index (Phi) is 8.41. The Morgan fingerprint density at radius 3 is 2.24 bits per heavy atom. The number of nitrogens with one attached hydrogen (secondary N) is 1. The zero-order valence-electron chi connectivity index (χ0n) is 21.6. The summed E-state index contributed by atoms with van der Waals surface area (Å²) in [6.07, 6.45) is 0.416. The Hall–Kier alpha value is -2.99. The van der Waals surface area contributed by atoms with Crippen LogP contribution < -0.4 is 14.4 Å². The van der Waals surface area contributed by atoms with Crippen LogP contribution in [0.2, 0.25) is 0 Å². The second kappa shape index (κ2) is 11.4. The molecule has 38 heavy (non-hydrogen) atoms. The lowest BCUT2D eigenvalue weighted by molar-refractivity contribution is 0.378. The number of benzene rings is 3. The summed E-state index contributed by atoms with van der Waals surface area (Å²) in [5, 5.41) is 0. The van der Waals surface area contributed by atoms with Crippen molar-refractivity contribution in [2.45, 2.75) is 30.1 Å². The van der Waals surface area contributed by atoms with Gasteiger partial charge in [-0.3, -0.25) is 0 Å².